The maximum absolute atomic E-state index is 13.7. The zero-order valence-corrected chi connectivity index (χ0v) is 10.5. The lowest BCUT2D eigenvalue weighted by Crippen LogP contribution is -2.15. The number of carboxylic acids is 1. The fourth-order valence-corrected chi connectivity index (χ4v) is 1.81. The van der Waals surface area contributed by atoms with E-state index in [0.29, 0.717) is 5.82 Å². The van der Waals surface area contributed by atoms with Gasteiger partial charge in [0.05, 0.1) is 17.3 Å². The van der Waals surface area contributed by atoms with Crippen molar-refractivity contribution in [2.45, 2.75) is 13.0 Å². The van der Waals surface area contributed by atoms with E-state index in [9.17, 15) is 9.18 Å². The quantitative estimate of drug-likeness (QED) is 0.880. The van der Waals surface area contributed by atoms with Gasteiger partial charge in [-0.1, -0.05) is 6.07 Å². The van der Waals surface area contributed by atoms with Crippen LogP contribution in [0.3, 0.4) is 0 Å². The minimum Gasteiger partial charge on any atom is -0.478 e. The molecule has 0 amide bonds. The molecule has 7 heteroatoms. The molecule has 100 valence electrons. The normalized spacial score (nSPS) is 12.2. The summed E-state index contributed by atoms with van der Waals surface area (Å²) in [5.74, 6) is -1.22. The second-order valence-electron chi connectivity index (χ2n) is 4.13. The highest BCUT2D eigenvalue weighted by atomic mass is 19.1. The third-order valence-electron chi connectivity index (χ3n) is 2.74. The third kappa shape index (κ3) is 2.54. The lowest BCUT2D eigenvalue weighted by molar-refractivity contribution is 0.0697. The molecule has 0 spiro atoms. The summed E-state index contributed by atoms with van der Waals surface area (Å²) in [6.45, 7) is 1.75. The lowest BCUT2D eigenvalue weighted by Gasteiger charge is -2.16. The van der Waals surface area contributed by atoms with Gasteiger partial charge in [-0.15, -0.1) is 10.2 Å². The Labute approximate surface area is 108 Å². The molecule has 0 aliphatic heterocycles. The van der Waals surface area contributed by atoms with Crippen LogP contribution in [0.1, 0.15) is 29.1 Å². The predicted octanol–water partition coefficient (Wildman–Crippen LogP) is 1.83. The van der Waals surface area contributed by atoms with Crippen molar-refractivity contribution < 1.29 is 14.3 Å². The van der Waals surface area contributed by atoms with Crippen LogP contribution in [0.4, 0.5) is 10.1 Å². The smallest absolute Gasteiger partial charge is 0.337 e. The summed E-state index contributed by atoms with van der Waals surface area (Å²) in [6.07, 6.45) is 1.52. The number of anilines is 1. The first-order valence-corrected chi connectivity index (χ1v) is 5.63. The van der Waals surface area contributed by atoms with Crippen LogP contribution in [-0.4, -0.2) is 25.8 Å². The number of aromatic nitrogens is 3. The SMILES string of the molecule is CC(Nc1c(F)cccc1C(=O)O)c1nncn1C. The summed E-state index contributed by atoms with van der Waals surface area (Å²) < 4.78 is 15.4. The van der Waals surface area contributed by atoms with Gasteiger partial charge in [0.25, 0.3) is 0 Å². The minimum atomic E-state index is -1.19. The molecule has 2 N–H and O–H groups in total. The molecule has 0 fully saturated rings. The molecule has 19 heavy (non-hydrogen) atoms. The molecule has 6 nitrogen and oxygen atoms in total. The molecule has 0 aliphatic carbocycles. The average Bonchev–Trinajstić information content (AvgIpc) is 2.77. The molecular weight excluding hydrogens is 251 g/mol. The number of nitrogens with one attached hydrogen (secondary N) is 1. The molecular formula is C12H13FN4O2. The highest BCUT2D eigenvalue weighted by Crippen LogP contribution is 2.24. The number of rotatable bonds is 4. The Kier molecular flexibility index (Phi) is 3.46. The van der Waals surface area contributed by atoms with Crippen molar-refractivity contribution in [3.05, 3.63) is 41.7 Å². The Morgan fingerprint density at radius 3 is 2.84 bits per heavy atom. The third-order valence-corrected chi connectivity index (χ3v) is 2.74. The van der Waals surface area contributed by atoms with Gasteiger partial charge in [0.1, 0.15) is 12.1 Å². The van der Waals surface area contributed by atoms with Gasteiger partial charge in [0, 0.05) is 7.05 Å². The molecule has 0 bridgehead atoms. The molecule has 1 atom stereocenters. The number of carboxylic acid groups (broad SMARTS) is 1. The van der Waals surface area contributed by atoms with Crippen LogP contribution in [0.25, 0.3) is 0 Å². The number of nitrogens with zero attached hydrogens (tertiary/aromatic N) is 3. The molecule has 0 saturated heterocycles. The molecule has 1 heterocycles. The monoisotopic (exact) mass is 264 g/mol. The Morgan fingerprint density at radius 2 is 2.26 bits per heavy atom. The van der Waals surface area contributed by atoms with E-state index in [1.54, 1.807) is 18.5 Å². The van der Waals surface area contributed by atoms with Crippen molar-refractivity contribution in [1.29, 1.82) is 0 Å². The van der Waals surface area contributed by atoms with Crippen molar-refractivity contribution >= 4 is 11.7 Å². The highest BCUT2D eigenvalue weighted by Gasteiger charge is 2.18. The summed E-state index contributed by atoms with van der Waals surface area (Å²) in [5, 5.41) is 19.5. The summed E-state index contributed by atoms with van der Waals surface area (Å²) in [4.78, 5) is 11.1. The molecule has 1 unspecified atom stereocenters. The van der Waals surface area contributed by atoms with Crippen LogP contribution in [0, 0.1) is 5.82 Å². The van der Waals surface area contributed by atoms with Gasteiger partial charge in [-0.3, -0.25) is 0 Å². The maximum atomic E-state index is 13.7. The molecule has 0 aliphatic rings. The fourth-order valence-electron chi connectivity index (χ4n) is 1.81. The summed E-state index contributed by atoms with van der Waals surface area (Å²) >= 11 is 0. The van der Waals surface area contributed by atoms with Crippen LogP contribution in [0.5, 0.6) is 0 Å². The number of benzene rings is 1. The van der Waals surface area contributed by atoms with Gasteiger partial charge in [0.2, 0.25) is 0 Å². The van der Waals surface area contributed by atoms with Crippen LogP contribution >= 0.6 is 0 Å². The predicted molar refractivity (Wildman–Crippen MR) is 66.4 cm³/mol. The molecule has 2 rings (SSSR count). The number of aromatic carboxylic acids is 1. The number of carbonyl (C=O) groups is 1. The number of para-hydroxylation sites is 1. The van der Waals surface area contributed by atoms with Gasteiger partial charge >= 0.3 is 5.97 Å². The van der Waals surface area contributed by atoms with E-state index < -0.39 is 11.8 Å². The Balaban J connectivity index is 2.33. The first-order chi connectivity index (χ1) is 9.00. The van der Waals surface area contributed by atoms with Gasteiger partial charge in [-0.25, -0.2) is 9.18 Å². The highest BCUT2D eigenvalue weighted by molar-refractivity contribution is 5.94. The van der Waals surface area contributed by atoms with Gasteiger partial charge < -0.3 is 15.0 Å². The van der Waals surface area contributed by atoms with Crippen molar-refractivity contribution in [2.24, 2.45) is 7.05 Å². The fraction of sp³-hybridized carbons (Fsp3) is 0.250. The van der Waals surface area contributed by atoms with E-state index in [0.717, 1.165) is 0 Å². The number of aryl methyl sites for hydroxylation is 1. The van der Waals surface area contributed by atoms with E-state index in [-0.39, 0.29) is 17.3 Å². The Bertz CT molecular complexity index is 612. The van der Waals surface area contributed by atoms with Crippen LogP contribution in [0.15, 0.2) is 24.5 Å². The second kappa shape index (κ2) is 5.05. The number of hydrogen-bond acceptors (Lipinski definition) is 4. The molecule has 0 saturated carbocycles. The average molecular weight is 264 g/mol. The van der Waals surface area contributed by atoms with E-state index in [4.69, 9.17) is 5.11 Å². The Morgan fingerprint density at radius 1 is 1.53 bits per heavy atom. The van der Waals surface area contributed by atoms with Crippen LogP contribution < -0.4 is 5.32 Å². The second-order valence-corrected chi connectivity index (χ2v) is 4.13. The molecule has 1 aromatic carbocycles. The number of halogens is 1. The molecule has 2 aromatic rings. The molecule has 1 aromatic heterocycles. The van der Waals surface area contributed by atoms with Crippen LogP contribution in [-0.2, 0) is 7.05 Å². The lowest BCUT2D eigenvalue weighted by atomic mass is 10.1. The molecule has 0 radical (unpaired) electrons. The minimum absolute atomic E-state index is 0.0505. The summed E-state index contributed by atoms with van der Waals surface area (Å²) in [5.41, 5.74) is -0.167. The zero-order valence-electron chi connectivity index (χ0n) is 10.5. The summed E-state index contributed by atoms with van der Waals surface area (Å²) in [6, 6.07) is 3.54. The first-order valence-electron chi connectivity index (χ1n) is 5.63. The maximum Gasteiger partial charge on any atom is 0.337 e. The topological polar surface area (TPSA) is 80.0 Å². The first kappa shape index (κ1) is 13.0. The van der Waals surface area contributed by atoms with Gasteiger partial charge in [0.15, 0.2) is 5.82 Å². The van der Waals surface area contributed by atoms with Gasteiger partial charge in [-0.05, 0) is 19.1 Å². The zero-order chi connectivity index (χ0) is 14.0. The van der Waals surface area contributed by atoms with Crippen molar-refractivity contribution in [2.75, 3.05) is 5.32 Å². The van der Waals surface area contributed by atoms with E-state index in [1.165, 1.54) is 24.5 Å². The Hall–Kier alpha value is -2.44. The largest absolute Gasteiger partial charge is 0.478 e. The van der Waals surface area contributed by atoms with E-state index in [2.05, 4.69) is 15.5 Å². The van der Waals surface area contributed by atoms with E-state index in [1.807, 2.05) is 0 Å². The van der Waals surface area contributed by atoms with Crippen molar-refractivity contribution in [1.82, 2.24) is 14.8 Å². The summed E-state index contributed by atoms with van der Waals surface area (Å²) in [7, 11) is 1.76. The standard InChI is InChI=1S/C12H13FN4O2/c1-7(11-16-14-6-17(11)2)15-10-8(12(18)19)4-3-5-9(10)13/h3-7,15H,1-2H3,(H,18,19). The number of hydrogen-bond donors (Lipinski definition) is 2. The van der Waals surface area contributed by atoms with Crippen molar-refractivity contribution in [3.63, 3.8) is 0 Å². The van der Waals surface area contributed by atoms with Crippen molar-refractivity contribution in [3.8, 4) is 0 Å². The van der Waals surface area contributed by atoms with E-state index >= 15 is 0 Å². The van der Waals surface area contributed by atoms with Gasteiger partial charge in [-0.2, -0.15) is 0 Å². The van der Waals surface area contributed by atoms with Crippen LogP contribution in [0.2, 0.25) is 0 Å².